The normalized spacial score (nSPS) is 17.6. The summed E-state index contributed by atoms with van der Waals surface area (Å²) in [6.07, 6.45) is 2.69. The van der Waals surface area contributed by atoms with E-state index in [1.54, 1.807) is 32.1 Å². The molecule has 1 aromatic carbocycles. The van der Waals surface area contributed by atoms with Gasteiger partial charge in [0.25, 0.3) is 0 Å². The van der Waals surface area contributed by atoms with Gasteiger partial charge < -0.3 is 15.2 Å². The monoisotopic (exact) mass is 636 g/mol. The van der Waals surface area contributed by atoms with Crippen LogP contribution in [0.25, 0.3) is 0 Å². The fourth-order valence-electron chi connectivity index (χ4n) is 4.51. The molecule has 0 radical (unpaired) electrons. The molecule has 1 saturated carbocycles. The zero-order chi connectivity index (χ0) is 25.8. The Balaban J connectivity index is 1.85. The maximum absolute atomic E-state index is 13.6. The molecule has 1 aliphatic rings. The van der Waals surface area contributed by atoms with E-state index >= 15 is 0 Å². The minimum absolute atomic E-state index is 0.181. The van der Waals surface area contributed by atoms with Gasteiger partial charge in [-0.05, 0) is 108 Å². The van der Waals surface area contributed by atoms with Gasteiger partial charge in [0.1, 0.15) is 23.4 Å². The second-order valence-electron chi connectivity index (χ2n) is 10.0. The summed E-state index contributed by atoms with van der Waals surface area (Å²) in [5.74, 6) is -1.32. The van der Waals surface area contributed by atoms with Crippen molar-refractivity contribution in [3.8, 4) is 0 Å². The van der Waals surface area contributed by atoms with Crippen LogP contribution in [0.15, 0.2) is 31.8 Å². The van der Waals surface area contributed by atoms with Gasteiger partial charge in [-0.2, -0.15) is 0 Å². The highest BCUT2D eigenvalue weighted by Gasteiger charge is 2.40. The number of aryl methyl sites for hydroxylation is 1. The van der Waals surface area contributed by atoms with E-state index < -0.39 is 41.1 Å². The number of ether oxygens (including phenoxy) is 1. The van der Waals surface area contributed by atoms with Crippen molar-refractivity contribution in [2.75, 3.05) is 0 Å². The zero-order valence-electron chi connectivity index (χ0n) is 20.1. The number of thiophene rings is 1. The van der Waals surface area contributed by atoms with E-state index in [4.69, 9.17) is 4.74 Å². The maximum atomic E-state index is 13.6. The molecule has 194 valence electrons. The third-order valence-electron chi connectivity index (χ3n) is 6.02. The van der Waals surface area contributed by atoms with Gasteiger partial charge in [0, 0.05) is 11.6 Å². The maximum Gasteiger partial charge on any atom is 0.408 e. The minimum Gasteiger partial charge on any atom is -0.444 e. The summed E-state index contributed by atoms with van der Waals surface area (Å²) >= 11 is 8.82. The zero-order valence-corrected chi connectivity index (χ0v) is 24.1. The van der Waals surface area contributed by atoms with Crippen LogP contribution in [-0.4, -0.2) is 29.1 Å². The lowest BCUT2D eigenvalue weighted by Gasteiger charge is -2.42. The van der Waals surface area contributed by atoms with E-state index in [0.717, 1.165) is 51.3 Å². The van der Waals surface area contributed by atoms with E-state index in [-0.39, 0.29) is 12.8 Å². The molecule has 1 aromatic heterocycles. The van der Waals surface area contributed by atoms with Crippen LogP contribution in [0, 0.1) is 11.6 Å². The summed E-state index contributed by atoms with van der Waals surface area (Å²) in [5.41, 5.74) is 0.340. The number of amides is 1. The molecule has 0 spiro atoms. The van der Waals surface area contributed by atoms with E-state index in [1.807, 2.05) is 0 Å². The molecule has 1 fully saturated rings. The first-order valence-electron chi connectivity index (χ1n) is 11.7. The van der Waals surface area contributed by atoms with Gasteiger partial charge in [0.15, 0.2) is 0 Å². The number of aliphatic hydroxyl groups is 1. The van der Waals surface area contributed by atoms with Gasteiger partial charge in [0.2, 0.25) is 0 Å². The Bertz CT molecular complexity index is 1000. The largest absolute Gasteiger partial charge is 0.444 e. The van der Waals surface area contributed by atoms with Crippen molar-refractivity contribution in [3.05, 3.63) is 54.6 Å². The van der Waals surface area contributed by atoms with Gasteiger partial charge >= 0.3 is 6.09 Å². The van der Waals surface area contributed by atoms with Crippen molar-refractivity contribution < 1.29 is 23.4 Å². The predicted octanol–water partition coefficient (Wildman–Crippen LogP) is 7.14. The molecule has 1 heterocycles. The lowest BCUT2D eigenvalue weighted by atomic mass is 9.77. The van der Waals surface area contributed by atoms with Crippen LogP contribution in [0.2, 0.25) is 0 Å². The summed E-state index contributed by atoms with van der Waals surface area (Å²) < 4.78 is 34.7. The third-order valence-corrected chi connectivity index (χ3v) is 8.36. The predicted molar refractivity (Wildman–Crippen MR) is 141 cm³/mol. The molecule has 2 atom stereocenters. The first-order chi connectivity index (χ1) is 16.4. The SMILES string of the molecule is CC(C)(C)OC(=O)NC(NC1(c2cc(Br)sc2Br)CCCCC1)C(O)CCc1cc(F)cc(F)c1. The molecule has 10 heteroatoms. The average Bonchev–Trinajstić information content (AvgIpc) is 3.09. The molecular formula is C25H32Br2F2N2O3S. The number of benzene rings is 1. The molecule has 2 unspecified atom stereocenters. The summed E-state index contributed by atoms with van der Waals surface area (Å²) in [6.45, 7) is 5.31. The Morgan fingerprint density at radius 3 is 2.31 bits per heavy atom. The number of alkyl carbamates (subject to hydrolysis) is 1. The quantitative estimate of drug-likeness (QED) is 0.269. The van der Waals surface area contributed by atoms with Crippen LogP contribution in [0.3, 0.4) is 0 Å². The number of aliphatic hydroxyl groups excluding tert-OH is 1. The Morgan fingerprint density at radius 2 is 1.77 bits per heavy atom. The Morgan fingerprint density at radius 1 is 1.14 bits per heavy atom. The molecule has 2 aromatic rings. The molecule has 35 heavy (non-hydrogen) atoms. The molecule has 1 amide bonds. The molecule has 1 aliphatic carbocycles. The van der Waals surface area contributed by atoms with Crippen molar-refractivity contribution in [1.82, 2.24) is 10.6 Å². The Hall–Kier alpha value is -1.07. The summed E-state index contributed by atoms with van der Waals surface area (Å²) in [6, 6.07) is 5.39. The van der Waals surface area contributed by atoms with E-state index in [1.165, 1.54) is 12.1 Å². The lowest BCUT2D eigenvalue weighted by molar-refractivity contribution is 0.0291. The molecule has 5 nitrogen and oxygen atoms in total. The molecular weight excluding hydrogens is 606 g/mol. The van der Waals surface area contributed by atoms with Crippen LogP contribution in [-0.2, 0) is 16.7 Å². The molecule has 0 bridgehead atoms. The van der Waals surface area contributed by atoms with E-state index in [2.05, 4.69) is 48.6 Å². The van der Waals surface area contributed by atoms with E-state index in [9.17, 15) is 18.7 Å². The highest BCUT2D eigenvalue weighted by atomic mass is 79.9. The van der Waals surface area contributed by atoms with Gasteiger partial charge in [-0.15, -0.1) is 11.3 Å². The topological polar surface area (TPSA) is 70.6 Å². The summed E-state index contributed by atoms with van der Waals surface area (Å²) in [5, 5.41) is 17.6. The van der Waals surface area contributed by atoms with Gasteiger partial charge in [0.05, 0.1) is 13.7 Å². The van der Waals surface area contributed by atoms with Crippen molar-refractivity contribution in [1.29, 1.82) is 0 Å². The second kappa shape index (κ2) is 12.0. The molecule has 3 N–H and O–H groups in total. The van der Waals surface area contributed by atoms with Gasteiger partial charge in [-0.25, -0.2) is 13.6 Å². The Kier molecular flexibility index (Phi) is 9.76. The van der Waals surface area contributed by atoms with Crippen molar-refractivity contribution >= 4 is 49.3 Å². The van der Waals surface area contributed by atoms with Crippen LogP contribution < -0.4 is 10.6 Å². The number of carbonyl (C=O) groups is 1. The first kappa shape index (κ1) is 28.5. The minimum atomic E-state index is -1.03. The summed E-state index contributed by atoms with van der Waals surface area (Å²) in [4.78, 5) is 12.7. The average molecular weight is 638 g/mol. The van der Waals surface area contributed by atoms with E-state index in [0.29, 0.717) is 5.56 Å². The fraction of sp³-hybridized carbons (Fsp3) is 0.560. The number of nitrogens with one attached hydrogen (secondary N) is 2. The smallest absolute Gasteiger partial charge is 0.408 e. The van der Waals surface area contributed by atoms with Gasteiger partial charge in [-0.3, -0.25) is 5.32 Å². The number of halogens is 4. The highest BCUT2D eigenvalue weighted by molar-refractivity contribution is 9.12. The highest BCUT2D eigenvalue weighted by Crippen LogP contribution is 2.45. The fourth-order valence-corrected chi connectivity index (χ4v) is 7.61. The first-order valence-corrected chi connectivity index (χ1v) is 14.1. The standard InChI is InChI=1S/C25H32Br2F2N2O3S/c1-24(2,3)34-23(33)30-22(19(32)8-7-15-11-16(28)13-17(29)12-15)31-25(9-5-4-6-10-25)18-14-20(26)35-21(18)27/h11-14,19,22,31-32H,4-10H2,1-3H3,(H,30,33). The van der Waals surface area contributed by atoms with Gasteiger partial charge in [-0.1, -0.05) is 19.3 Å². The second-order valence-corrected chi connectivity index (χ2v) is 13.8. The van der Waals surface area contributed by atoms with Crippen molar-refractivity contribution in [2.24, 2.45) is 0 Å². The van der Waals surface area contributed by atoms with Crippen LogP contribution in [0.5, 0.6) is 0 Å². The van der Waals surface area contributed by atoms with Crippen molar-refractivity contribution in [2.45, 2.75) is 89.1 Å². The number of hydrogen-bond acceptors (Lipinski definition) is 5. The molecule has 0 saturated heterocycles. The number of hydrogen-bond donors (Lipinski definition) is 3. The molecule has 3 rings (SSSR count). The number of carbonyl (C=O) groups excluding carboxylic acids is 1. The van der Waals surface area contributed by atoms with Crippen LogP contribution in [0.4, 0.5) is 13.6 Å². The lowest BCUT2D eigenvalue weighted by Crippen LogP contribution is -2.60. The Labute approximate surface area is 226 Å². The van der Waals surface area contributed by atoms with Crippen LogP contribution >= 0.6 is 43.2 Å². The summed E-state index contributed by atoms with van der Waals surface area (Å²) in [7, 11) is 0. The molecule has 0 aliphatic heterocycles. The van der Waals surface area contributed by atoms with Crippen molar-refractivity contribution in [3.63, 3.8) is 0 Å². The van der Waals surface area contributed by atoms with Crippen LogP contribution in [0.1, 0.15) is 70.4 Å². The third kappa shape index (κ3) is 8.21. The number of rotatable bonds is 8.